The molecule has 0 saturated carbocycles. The third-order valence-electron chi connectivity index (χ3n) is 2.88. The van der Waals surface area contributed by atoms with Crippen molar-refractivity contribution in [2.75, 3.05) is 0 Å². The molecule has 1 aromatic heterocycles. The van der Waals surface area contributed by atoms with Crippen molar-refractivity contribution < 1.29 is 38.3 Å². The van der Waals surface area contributed by atoms with Crippen molar-refractivity contribution in [1.82, 2.24) is 0 Å². The van der Waals surface area contributed by atoms with Gasteiger partial charge in [-0.3, -0.25) is 0 Å². The van der Waals surface area contributed by atoms with E-state index in [4.69, 9.17) is 23.1 Å². The molecule has 0 aliphatic heterocycles. The molecule has 3 rings (SSSR count). The number of hydrogen-bond donors (Lipinski definition) is 0. The molecule has 0 aliphatic rings. The predicted molar refractivity (Wildman–Crippen MR) is 82.3 cm³/mol. The maximum absolute atomic E-state index is 12.0. The third-order valence-corrected chi connectivity index (χ3v) is 3.47. The molecule has 0 radical (unpaired) electrons. The fourth-order valence-corrected chi connectivity index (χ4v) is 2.36. The summed E-state index contributed by atoms with van der Waals surface area (Å²) in [6, 6.07) is 17.0. The molecule has 1 heterocycles. The summed E-state index contributed by atoms with van der Waals surface area (Å²) in [5, 5.41) is 0.538. The van der Waals surface area contributed by atoms with Gasteiger partial charge < -0.3 is 4.42 Å². The molecule has 0 fully saturated rings. The fourth-order valence-electron chi connectivity index (χ4n) is 1.92. The van der Waals surface area contributed by atoms with Gasteiger partial charge in [-0.2, -0.15) is 0 Å². The van der Waals surface area contributed by atoms with Crippen LogP contribution in [0.5, 0.6) is 0 Å². The molecular weight excluding hydrogens is 418 g/mol. The molecule has 25 heavy (non-hydrogen) atoms. The number of H-pyrrole nitrogens is 1. The topological polar surface area (TPSA) is 137 Å². The average molecular weight is 429 g/mol. The molecule has 0 amide bonds. The lowest BCUT2D eigenvalue weighted by molar-refractivity contribution is -2.00. The smallest absolute Gasteiger partial charge is 0.403 e. The van der Waals surface area contributed by atoms with E-state index in [-0.39, 0.29) is 5.56 Å². The number of benzene rings is 2. The Hall–Kier alpha value is -2.07. The van der Waals surface area contributed by atoms with Crippen LogP contribution in [0.25, 0.3) is 21.5 Å². The molecule has 1 N–H and O–H groups in total. The van der Waals surface area contributed by atoms with Gasteiger partial charge in [0.2, 0.25) is 0 Å². The summed E-state index contributed by atoms with van der Waals surface area (Å²) in [5.41, 5.74) is 1.41. The summed E-state index contributed by atoms with van der Waals surface area (Å²) >= 11 is 3.44. The lowest BCUT2D eigenvalue weighted by Crippen LogP contribution is -2.68. The molecule has 9 heteroatoms. The number of para-hydroxylation sites is 1. The first-order valence-corrected chi connectivity index (χ1v) is 8.76. The lowest BCUT2D eigenvalue weighted by Gasteiger charge is -2.17. The summed E-state index contributed by atoms with van der Waals surface area (Å²) < 4.78 is 40.4. The van der Waals surface area contributed by atoms with E-state index in [1.807, 2.05) is 48.5 Å². The normalized spacial score (nSPS) is 11.8. The molecule has 7 nitrogen and oxygen atoms in total. The van der Waals surface area contributed by atoms with Crippen molar-refractivity contribution in [2.45, 2.75) is 0 Å². The Kier molecular flexibility index (Phi) is 6.43. The van der Waals surface area contributed by atoms with Crippen molar-refractivity contribution >= 4 is 37.5 Å². The first-order chi connectivity index (χ1) is 11.7. The molecule has 0 bridgehead atoms. The van der Waals surface area contributed by atoms with Gasteiger partial charge in [0.05, 0.1) is 0 Å². The van der Waals surface area contributed by atoms with Crippen LogP contribution in [0.3, 0.4) is 0 Å². The van der Waals surface area contributed by atoms with E-state index in [9.17, 15) is 4.79 Å². The van der Waals surface area contributed by atoms with Crippen LogP contribution in [-0.2, 0) is 0 Å². The minimum atomic E-state index is -4.94. The van der Waals surface area contributed by atoms with Gasteiger partial charge in [-0.05, 0) is 39.7 Å². The van der Waals surface area contributed by atoms with Crippen LogP contribution in [0, 0.1) is 10.2 Å². The van der Waals surface area contributed by atoms with Gasteiger partial charge >= 0.3 is 11.4 Å². The van der Waals surface area contributed by atoms with E-state index >= 15 is 0 Å². The fraction of sp³-hybridized carbons (Fsp3) is 0. The Morgan fingerprint density at radius 2 is 1.56 bits per heavy atom. The van der Waals surface area contributed by atoms with Crippen molar-refractivity contribution in [3.05, 3.63) is 76.4 Å². The Bertz CT molecular complexity index is 931. The minimum absolute atomic E-state index is 0.166. The minimum Gasteiger partial charge on any atom is -0.403 e. The molecule has 130 valence electrons. The van der Waals surface area contributed by atoms with Gasteiger partial charge in [0.15, 0.2) is 5.58 Å². The monoisotopic (exact) mass is 427 g/mol. The summed E-state index contributed by atoms with van der Waals surface area (Å²) in [6.45, 7) is 0. The van der Waals surface area contributed by atoms with Gasteiger partial charge in [0.1, 0.15) is 9.87 Å². The summed E-state index contributed by atoms with van der Waals surface area (Å²) in [7, 11) is -4.94. The number of aromatic nitrogens is 1. The van der Waals surface area contributed by atoms with E-state index in [0.29, 0.717) is 21.3 Å². The van der Waals surface area contributed by atoms with Crippen LogP contribution < -0.4 is 29.2 Å². The predicted octanol–water partition coefficient (Wildman–Crippen LogP) is -1.26. The molecular formula is C16H11BrClNO6. The van der Waals surface area contributed by atoms with Crippen LogP contribution in [0.15, 0.2) is 63.8 Å². The number of aromatic amines is 1. The second-order valence-electron chi connectivity index (χ2n) is 4.66. The van der Waals surface area contributed by atoms with Gasteiger partial charge in [-0.15, -0.1) is 15.2 Å². The van der Waals surface area contributed by atoms with Gasteiger partial charge in [0.25, 0.3) is 0 Å². The highest BCUT2D eigenvalue weighted by Gasteiger charge is 2.15. The van der Waals surface area contributed by atoms with E-state index in [2.05, 4.69) is 20.9 Å². The van der Waals surface area contributed by atoms with Crippen LogP contribution in [0.1, 0.15) is 11.5 Å². The highest BCUT2D eigenvalue weighted by atomic mass is 79.9. The van der Waals surface area contributed by atoms with Crippen molar-refractivity contribution in [2.24, 2.45) is 0 Å². The Labute approximate surface area is 152 Å². The maximum atomic E-state index is 12.0. The maximum Gasteiger partial charge on any atom is 0.424 e. The molecule has 0 aliphatic carbocycles. The Morgan fingerprint density at radius 1 is 1.00 bits per heavy atom. The summed E-state index contributed by atoms with van der Waals surface area (Å²) in [6.07, 6.45) is 1.89. The Balaban J connectivity index is 0.000000399. The summed E-state index contributed by atoms with van der Waals surface area (Å²) in [5.74, 6) is 0.401. The molecule has 0 spiro atoms. The van der Waals surface area contributed by atoms with Crippen LogP contribution in [0.2, 0.25) is 0 Å². The highest BCUT2D eigenvalue weighted by molar-refractivity contribution is 9.15. The van der Waals surface area contributed by atoms with Gasteiger partial charge in [-0.25, -0.2) is 23.4 Å². The number of halogens is 2. The first kappa shape index (κ1) is 19.3. The SMILES string of the molecule is O=c1[nH+]c(/C(Br)=C/c2ccccc2)oc2ccccc12.[O-][Cl+3]([O-])([O-])[O-]. The van der Waals surface area contributed by atoms with Gasteiger partial charge in [-0.1, -0.05) is 42.5 Å². The second-order valence-corrected chi connectivity index (χ2v) is 6.27. The van der Waals surface area contributed by atoms with Crippen LogP contribution in [-0.4, -0.2) is 0 Å². The van der Waals surface area contributed by atoms with Crippen molar-refractivity contribution in [3.63, 3.8) is 0 Å². The van der Waals surface area contributed by atoms with E-state index < -0.39 is 10.2 Å². The molecule has 3 aromatic rings. The van der Waals surface area contributed by atoms with Crippen molar-refractivity contribution in [1.29, 1.82) is 0 Å². The average Bonchev–Trinajstić information content (AvgIpc) is 2.54. The molecule has 0 atom stereocenters. The first-order valence-electron chi connectivity index (χ1n) is 6.73. The van der Waals surface area contributed by atoms with E-state index in [1.165, 1.54) is 0 Å². The molecule has 0 unspecified atom stereocenters. The largest absolute Gasteiger partial charge is 0.424 e. The zero-order valence-electron chi connectivity index (χ0n) is 12.5. The van der Waals surface area contributed by atoms with Crippen LogP contribution in [0.4, 0.5) is 0 Å². The molecule has 0 saturated heterocycles. The van der Waals surface area contributed by atoms with Crippen LogP contribution >= 0.6 is 15.9 Å². The highest BCUT2D eigenvalue weighted by Crippen LogP contribution is 2.22. The van der Waals surface area contributed by atoms with Crippen molar-refractivity contribution in [3.8, 4) is 0 Å². The summed E-state index contributed by atoms with van der Waals surface area (Å²) in [4.78, 5) is 14.7. The standard InChI is InChI=1S/C16H10BrNO2.ClHO4/c17-13(10-11-6-2-1-3-7-11)16-18-15(19)12-8-4-5-9-14(12)20-16;2-1(3,4)5/h1-10H;(H,2,3,4,5)/b13-10-;. The number of fused-ring (bicyclic) bond motifs is 1. The lowest BCUT2D eigenvalue weighted by atomic mass is 10.2. The Morgan fingerprint density at radius 3 is 2.20 bits per heavy atom. The zero-order chi connectivity index (χ0) is 18.4. The van der Waals surface area contributed by atoms with E-state index in [1.54, 1.807) is 12.1 Å². The zero-order valence-corrected chi connectivity index (χ0v) is 14.8. The van der Waals surface area contributed by atoms with Gasteiger partial charge in [0, 0.05) is 0 Å². The van der Waals surface area contributed by atoms with E-state index in [0.717, 1.165) is 5.56 Å². The number of rotatable bonds is 2. The molecule has 2 aromatic carbocycles. The quantitative estimate of drug-likeness (QED) is 0.500. The third kappa shape index (κ3) is 6.39. The number of hydrogen-bond acceptors (Lipinski definition) is 6. The number of nitrogens with one attached hydrogen (secondary N) is 1. The second kappa shape index (κ2) is 8.34.